The molecule has 1 aromatic carbocycles. The summed E-state index contributed by atoms with van der Waals surface area (Å²) in [5.74, 6) is -1.44. The second-order valence-electron chi connectivity index (χ2n) is 5.41. The van der Waals surface area contributed by atoms with Crippen molar-refractivity contribution in [2.45, 2.75) is 26.4 Å². The second kappa shape index (κ2) is 7.56. The number of benzene rings is 1. The summed E-state index contributed by atoms with van der Waals surface area (Å²) in [6.45, 7) is 3.12. The van der Waals surface area contributed by atoms with Crippen molar-refractivity contribution in [3.05, 3.63) is 46.9 Å². The van der Waals surface area contributed by atoms with Gasteiger partial charge in [-0.2, -0.15) is 5.10 Å². The molecule has 0 aliphatic carbocycles. The van der Waals surface area contributed by atoms with Crippen molar-refractivity contribution >= 4 is 23.6 Å². The Morgan fingerprint density at radius 1 is 1.36 bits per heavy atom. The third-order valence-electron chi connectivity index (χ3n) is 3.38. The number of ketones is 1. The Balaban J connectivity index is 2.20. The first-order valence-corrected chi connectivity index (χ1v) is 7.37. The van der Waals surface area contributed by atoms with Gasteiger partial charge in [-0.05, 0) is 31.5 Å². The zero-order valence-corrected chi connectivity index (χ0v) is 13.6. The molecule has 0 unspecified atom stereocenters. The van der Waals surface area contributed by atoms with Gasteiger partial charge in [0.15, 0.2) is 17.7 Å². The summed E-state index contributed by atoms with van der Waals surface area (Å²) in [5.41, 5.74) is 5.89. The third kappa shape index (κ3) is 4.87. The molecule has 0 fully saturated rings. The van der Waals surface area contributed by atoms with Crippen LogP contribution in [-0.4, -0.2) is 34.1 Å². The SMILES string of the molecule is Cc1cc(NC(=O)c2cc(F)ccc2CC(=O)[C@H](C)OC(N)=O)n[nH]1. The molecule has 1 atom stereocenters. The molecule has 0 saturated heterocycles. The predicted molar refractivity (Wildman–Crippen MR) is 86.5 cm³/mol. The van der Waals surface area contributed by atoms with Crippen molar-refractivity contribution in [2.75, 3.05) is 5.32 Å². The summed E-state index contributed by atoms with van der Waals surface area (Å²) >= 11 is 0. The van der Waals surface area contributed by atoms with Crippen molar-refractivity contribution in [1.29, 1.82) is 0 Å². The number of Topliss-reactive ketones (excluding diaryl/α,β-unsaturated/α-hetero) is 1. The molecular formula is C16H17FN4O4. The van der Waals surface area contributed by atoms with Crippen LogP contribution in [0.1, 0.15) is 28.5 Å². The van der Waals surface area contributed by atoms with E-state index in [4.69, 9.17) is 5.73 Å². The molecule has 0 aliphatic heterocycles. The number of carbonyl (C=O) groups excluding carboxylic acids is 3. The number of carbonyl (C=O) groups is 3. The van der Waals surface area contributed by atoms with Crippen molar-refractivity contribution in [1.82, 2.24) is 10.2 Å². The van der Waals surface area contributed by atoms with E-state index in [1.165, 1.54) is 13.0 Å². The molecule has 25 heavy (non-hydrogen) atoms. The highest BCUT2D eigenvalue weighted by Gasteiger charge is 2.21. The monoisotopic (exact) mass is 348 g/mol. The Bertz CT molecular complexity index is 818. The average molecular weight is 348 g/mol. The summed E-state index contributed by atoms with van der Waals surface area (Å²) in [4.78, 5) is 35.2. The Hall–Kier alpha value is -3.23. The van der Waals surface area contributed by atoms with Gasteiger partial charge in [-0.3, -0.25) is 14.7 Å². The number of H-pyrrole nitrogens is 1. The van der Waals surface area contributed by atoms with E-state index in [1.807, 2.05) is 0 Å². The van der Waals surface area contributed by atoms with E-state index in [0.29, 0.717) is 0 Å². The van der Waals surface area contributed by atoms with E-state index in [9.17, 15) is 18.8 Å². The highest BCUT2D eigenvalue weighted by Crippen LogP contribution is 2.16. The van der Waals surface area contributed by atoms with Crippen LogP contribution >= 0.6 is 0 Å². The highest BCUT2D eigenvalue weighted by molar-refractivity contribution is 6.05. The predicted octanol–water partition coefficient (Wildman–Crippen LogP) is 1.70. The number of amides is 2. The lowest BCUT2D eigenvalue weighted by atomic mass is 9.99. The number of anilines is 1. The molecule has 0 radical (unpaired) electrons. The third-order valence-corrected chi connectivity index (χ3v) is 3.38. The van der Waals surface area contributed by atoms with Crippen LogP contribution in [0.3, 0.4) is 0 Å². The quantitative estimate of drug-likeness (QED) is 0.732. The molecule has 0 saturated carbocycles. The molecule has 2 rings (SSSR count). The van der Waals surface area contributed by atoms with Gasteiger partial charge in [0.25, 0.3) is 5.91 Å². The smallest absolute Gasteiger partial charge is 0.405 e. The van der Waals surface area contributed by atoms with Gasteiger partial charge in [0, 0.05) is 23.7 Å². The van der Waals surface area contributed by atoms with E-state index < -0.39 is 29.7 Å². The van der Waals surface area contributed by atoms with Gasteiger partial charge < -0.3 is 15.8 Å². The maximum atomic E-state index is 13.5. The van der Waals surface area contributed by atoms with Crippen LogP contribution in [0.25, 0.3) is 0 Å². The number of rotatable bonds is 6. The summed E-state index contributed by atoms with van der Waals surface area (Å²) in [6, 6.07) is 5.09. The molecule has 1 heterocycles. The first kappa shape index (κ1) is 18.1. The standard InChI is InChI=1S/C16H17FN4O4/c1-8-5-14(21-20-8)19-15(23)12-7-11(17)4-3-10(12)6-13(22)9(2)25-16(18)24/h3-5,7,9H,6H2,1-2H3,(H2,18,24)(H2,19,20,21,23)/t9-/m0/s1. The molecular weight excluding hydrogens is 331 g/mol. The number of aromatic amines is 1. The Kier molecular flexibility index (Phi) is 5.48. The van der Waals surface area contributed by atoms with E-state index in [1.54, 1.807) is 13.0 Å². The van der Waals surface area contributed by atoms with E-state index >= 15 is 0 Å². The first-order chi connectivity index (χ1) is 11.8. The summed E-state index contributed by atoms with van der Waals surface area (Å²) < 4.78 is 18.2. The minimum Gasteiger partial charge on any atom is -0.439 e. The van der Waals surface area contributed by atoms with Crippen molar-refractivity contribution in [2.24, 2.45) is 5.73 Å². The normalized spacial score (nSPS) is 11.6. The topological polar surface area (TPSA) is 127 Å². The summed E-state index contributed by atoms with van der Waals surface area (Å²) in [6.07, 6.45) is -2.38. The van der Waals surface area contributed by atoms with Gasteiger partial charge in [0.05, 0.1) is 0 Å². The molecule has 0 aliphatic rings. The van der Waals surface area contributed by atoms with Crippen LogP contribution in [0, 0.1) is 12.7 Å². The van der Waals surface area contributed by atoms with Crippen LogP contribution in [0.15, 0.2) is 24.3 Å². The number of nitrogens with one attached hydrogen (secondary N) is 2. The largest absolute Gasteiger partial charge is 0.439 e. The zero-order valence-electron chi connectivity index (χ0n) is 13.6. The number of hydrogen-bond donors (Lipinski definition) is 3. The molecule has 4 N–H and O–H groups in total. The molecule has 0 spiro atoms. The highest BCUT2D eigenvalue weighted by atomic mass is 19.1. The number of ether oxygens (including phenoxy) is 1. The molecule has 1 aromatic heterocycles. The summed E-state index contributed by atoms with van der Waals surface area (Å²) in [7, 11) is 0. The Morgan fingerprint density at radius 2 is 2.08 bits per heavy atom. The first-order valence-electron chi connectivity index (χ1n) is 7.37. The van der Waals surface area contributed by atoms with Gasteiger partial charge in [0.1, 0.15) is 5.82 Å². The zero-order chi connectivity index (χ0) is 18.6. The van der Waals surface area contributed by atoms with Gasteiger partial charge in [-0.1, -0.05) is 6.07 Å². The van der Waals surface area contributed by atoms with Crippen LogP contribution in [0.4, 0.5) is 15.0 Å². The van der Waals surface area contributed by atoms with Crippen LogP contribution < -0.4 is 11.1 Å². The van der Waals surface area contributed by atoms with Gasteiger partial charge in [-0.15, -0.1) is 0 Å². The van der Waals surface area contributed by atoms with Crippen LogP contribution in [0.2, 0.25) is 0 Å². The molecule has 132 valence electrons. The van der Waals surface area contributed by atoms with E-state index in [2.05, 4.69) is 20.3 Å². The second-order valence-corrected chi connectivity index (χ2v) is 5.41. The number of nitrogens with zero attached hydrogens (tertiary/aromatic N) is 1. The number of aryl methyl sites for hydroxylation is 1. The Labute approximate surface area is 142 Å². The Morgan fingerprint density at radius 3 is 2.68 bits per heavy atom. The average Bonchev–Trinajstić information content (AvgIpc) is 2.93. The van der Waals surface area contributed by atoms with Crippen molar-refractivity contribution in [3.63, 3.8) is 0 Å². The summed E-state index contributed by atoms with van der Waals surface area (Å²) in [5, 5.41) is 9.05. The minimum atomic E-state index is -1.08. The lowest BCUT2D eigenvalue weighted by Crippen LogP contribution is -2.29. The van der Waals surface area contributed by atoms with Crippen LogP contribution in [-0.2, 0) is 16.0 Å². The van der Waals surface area contributed by atoms with E-state index in [-0.39, 0.29) is 23.4 Å². The van der Waals surface area contributed by atoms with Gasteiger partial charge >= 0.3 is 6.09 Å². The van der Waals surface area contributed by atoms with Gasteiger partial charge in [-0.25, -0.2) is 9.18 Å². The molecule has 9 heteroatoms. The molecule has 2 aromatic rings. The maximum absolute atomic E-state index is 13.5. The number of aromatic nitrogens is 2. The van der Waals surface area contributed by atoms with Crippen molar-refractivity contribution < 1.29 is 23.5 Å². The number of halogens is 1. The number of hydrogen-bond acceptors (Lipinski definition) is 5. The number of nitrogens with two attached hydrogens (primary N) is 1. The van der Waals surface area contributed by atoms with Crippen LogP contribution in [0.5, 0.6) is 0 Å². The lowest BCUT2D eigenvalue weighted by Gasteiger charge is -2.12. The molecule has 2 amide bonds. The minimum absolute atomic E-state index is 0.0136. The van der Waals surface area contributed by atoms with E-state index in [0.717, 1.165) is 17.8 Å². The molecule has 8 nitrogen and oxygen atoms in total. The number of primary amides is 1. The maximum Gasteiger partial charge on any atom is 0.405 e. The van der Waals surface area contributed by atoms with Gasteiger partial charge in [0.2, 0.25) is 0 Å². The van der Waals surface area contributed by atoms with Crippen molar-refractivity contribution in [3.8, 4) is 0 Å². The molecule has 0 bridgehead atoms. The fraction of sp³-hybridized carbons (Fsp3) is 0.250. The fourth-order valence-electron chi connectivity index (χ4n) is 2.15. The fourth-order valence-corrected chi connectivity index (χ4v) is 2.15. The lowest BCUT2D eigenvalue weighted by molar-refractivity contribution is -0.125.